The SMILES string of the molecule is N#CC1(C(O)c2ncc(Cl)s2)CCCC1. The molecule has 80 valence electrons. The van der Waals surface area contributed by atoms with Crippen molar-refractivity contribution >= 4 is 22.9 Å². The molecule has 1 unspecified atom stereocenters. The molecule has 0 bridgehead atoms. The lowest BCUT2D eigenvalue weighted by molar-refractivity contribution is 0.0668. The molecular weight excluding hydrogens is 232 g/mol. The van der Waals surface area contributed by atoms with Gasteiger partial charge in [0.15, 0.2) is 0 Å². The monoisotopic (exact) mass is 242 g/mol. The van der Waals surface area contributed by atoms with Crippen LogP contribution in [0.5, 0.6) is 0 Å². The summed E-state index contributed by atoms with van der Waals surface area (Å²) in [5.74, 6) is 0. The highest BCUT2D eigenvalue weighted by Gasteiger charge is 2.43. The highest BCUT2D eigenvalue weighted by molar-refractivity contribution is 7.15. The maximum atomic E-state index is 10.2. The standard InChI is InChI=1S/C10H11ClN2OS/c11-7-5-13-9(15-7)8(14)10(6-12)3-1-2-4-10/h5,8,14H,1-4H2. The minimum atomic E-state index is -0.789. The lowest BCUT2D eigenvalue weighted by Gasteiger charge is -2.24. The molecule has 1 aliphatic carbocycles. The Morgan fingerprint density at radius 3 is 2.73 bits per heavy atom. The zero-order chi connectivity index (χ0) is 10.9. The molecular formula is C10H11ClN2OS. The molecule has 3 nitrogen and oxygen atoms in total. The van der Waals surface area contributed by atoms with E-state index in [0.29, 0.717) is 9.34 Å². The normalized spacial score (nSPS) is 21.1. The third-order valence-electron chi connectivity index (χ3n) is 2.97. The van der Waals surface area contributed by atoms with Gasteiger partial charge < -0.3 is 5.11 Å². The van der Waals surface area contributed by atoms with Crippen LogP contribution in [0.4, 0.5) is 0 Å². The molecule has 1 N–H and O–H groups in total. The summed E-state index contributed by atoms with van der Waals surface area (Å²) in [6.07, 6.45) is 4.24. The largest absolute Gasteiger partial charge is 0.384 e. The van der Waals surface area contributed by atoms with E-state index in [1.165, 1.54) is 17.5 Å². The minimum Gasteiger partial charge on any atom is -0.384 e. The fraction of sp³-hybridized carbons (Fsp3) is 0.600. The molecule has 5 heteroatoms. The van der Waals surface area contributed by atoms with E-state index in [-0.39, 0.29) is 0 Å². The molecule has 0 aromatic carbocycles. The van der Waals surface area contributed by atoms with E-state index in [0.717, 1.165) is 25.7 Å². The molecule has 0 amide bonds. The molecule has 1 heterocycles. The van der Waals surface area contributed by atoms with E-state index in [4.69, 9.17) is 11.6 Å². The predicted molar refractivity (Wildman–Crippen MR) is 58.6 cm³/mol. The molecule has 15 heavy (non-hydrogen) atoms. The zero-order valence-corrected chi connectivity index (χ0v) is 9.68. The van der Waals surface area contributed by atoms with Crippen molar-refractivity contribution in [1.82, 2.24) is 4.98 Å². The summed E-state index contributed by atoms with van der Waals surface area (Å²) in [7, 11) is 0. The van der Waals surface area contributed by atoms with Gasteiger partial charge in [0, 0.05) is 0 Å². The van der Waals surface area contributed by atoms with Gasteiger partial charge in [-0.15, -0.1) is 11.3 Å². The Balaban J connectivity index is 2.26. The first kappa shape index (κ1) is 10.9. The molecule has 0 spiro atoms. The third-order valence-corrected chi connectivity index (χ3v) is 4.14. The van der Waals surface area contributed by atoms with Crippen LogP contribution in [0.15, 0.2) is 6.20 Å². The van der Waals surface area contributed by atoms with E-state index >= 15 is 0 Å². The number of nitriles is 1. The second kappa shape index (κ2) is 4.09. The van der Waals surface area contributed by atoms with E-state index in [1.807, 2.05) is 0 Å². The Kier molecular flexibility index (Phi) is 2.96. The first-order valence-corrected chi connectivity index (χ1v) is 6.08. The van der Waals surface area contributed by atoms with Crippen LogP contribution in [0.2, 0.25) is 4.34 Å². The summed E-state index contributed by atoms with van der Waals surface area (Å²) in [5.41, 5.74) is -0.638. The van der Waals surface area contributed by atoms with E-state index in [1.54, 1.807) is 0 Å². The van der Waals surface area contributed by atoms with Crippen molar-refractivity contribution in [2.45, 2.75) is 31.8 Å². The topological polar surface area (TPSA) is 56.9 Å². The number of hydrogen-bond acceptors (Lipinski definition) is 4. The van der Waals surface area contributed by atoms with Gasteiger partial charge in [-0.25, -0.2) is 4.98 Å². The Hall–Kier alpha value is -0.630. The smallest absolute Gasteiger partial charge is 0.124 e. The van der Waals surface area contributed by atoms with Gasteiger partial charge >= 0.3 is 0 Å². The summed E-state index contributed by atoms with van der Waals surface area (Å²) < 4.78 is 0.551. The third kappa shape index (κ3) is 1.87. The van der Waals surface area contributed by atoms with Gasteiger partial charge in [0.2, 0.25) is 0 Å². The fourth-order valence-corrected chi connectivity index (χ4v) is 3.12. The van der Waals surface area contributed by atoms with Crippen LogP contribution in [0.3, 0.4) is 0 Å². The molecule has 0 radical (unpaired) electrons. The van der Waals surface area contributed by atoms with Crippen molar-refractivity contribution in [3.8, 4) is 6.07 Å². The van der Waals surface area contributed by atoms with Crippen LogP contribution in [-0.4, -0.2) is 10.1 Å². The zero-order valence-electron chi connectivity index (χ0n) is 8.11. The Bertz CT molecular complexity index is 392. The Labute approximate surface area is 97.3 Å². The first-order valence-electron chi connectivity index (χ1n) is 4.88. The quantitative estimate of drug-likeness (QED) is 0.868. The maximum Gasteiger partial charge on any atom is 0.124 e. The summed E-state index contributed by atoms with van der Waals surface area (Å²) in [6, 6.07) is 2.26. The molecule has 1 aliphatic rings. The van der Waals surface area contributed by atoms with Crippen LogP contribution in [0, 0.1) is 16.7 Å². The van der Waals surface area contributed by atoms with Gasteiger partial charge in [0.05, 0.1) is 17.7 Å². The van der Waals surface area contributed by atoms with Gasteiger partial charge in [0.25, 0.3) is 0 Å². The molecule has 2 rings (SSSR count). The molecule has 1 saturated carbocycles. The van der Waals surface area contributed by atoms with E-state index < -0.39 is 11.5 Å². The number of nitrogens with zero attached hydrogens (tertiary/aromatic N) is 2. The van der Waals surface area contributed by atoms with Gasteiger partial charge in [-0.05, 0) is 12.8 Å². The minimum absolute atomic E-state index is 0.551. The van der Waals surface area contributed by atoms with E-state index in [2.05, 4.69) is 11.1 Å². The van der Waals surface area contributed by atoms with Crippen LogP contribution >= 0.6 is 22.9 Å². The maximum absolute atomic E-state index is 10.2. The second-order valence-corrected chi connectivity index (χ2v) is 5.57. The summed E-state index contributed by atoms with van der Waals surface area (Å²) in [6.45, 7) is 0. The molecule has 1 fully saturated rings. The van der Waals surface area contributed by atoms with Gasteiger partial charge in [0.1, 0.15) is 15.4 Å². The Morgan fingerprint density at radius 1 is 1.60 bits per heavy atom. The highest BCUT2D eigenvalue weighted by atomic mass is 35.5. The van der Waals surface area contributed by atoms with Crippen molar-refractivity contribution in [3.63, 3.8) is 0 Å². The summed E-state index contributed by atoms with van der Waals surface area (Å²) >= 11 is 7.01. The average molecular weight is 243 g/mol. The number of aliphatic hydroxyl groups is 1. The number of thiazole rings is 1. The van der Waals surface area contributed by atoms with Crippen LogP contribution < -0.4 is 0 Å². The van der Waals surface area contributed by atoms with E-state index in [9.17, 15) is 10.4 Å². The number of rotatable bonds is 2. The number of aliphatic hydroxyl groups excluding tert-OH is 1. The number of halogens is 1. The highest BCUT2D eigenvalue weighted by Crippen LogP contribution is 2.47. The van der Waals surface area contributed by atoms with Crippen molar-refractivity contribution in [2.24, 2.45) is 5.41 Å². The van der Waals surface area contributed by atoms with Crippen molar-refractivity contribution in [3.05, 3.63) is 15.5 Å². The molecule has 0 saturated heterocycles. The molecule has 1 aromatic heterocycles. The average Bonchev–Trinajstić information content (AvgIpc) is 2.86. The van der Waals surface area contributed by atoms with Crippen LogP contribution in [0.25, 0.3) is 0 Å². The van der Waals surface area contributed by atoms with Crippen LogP contribution in [-0.2, 0) is 0 Å². The van der Waals surface area contributed by atoms with Crippen molar-refractivity contribution in [2.75, 3.05) is 0 Å². The summed E-state index contributed by atoms with van der Waals surface area (Å²) in [4.78, 5) is 4.04. The van der Waals surface area contributed by atoms with Gasteiger partial charge in [-0.3, -0.25) is 0 Å². The van der Waals surface area contributed by atoms with Crippen LogP contribution in [0.1, 0.15) is 36.8 Å². The molecule has 0 aliphatic heterocycles. The number of aromatic nitrogens is 1. The molecule has 1 aromatic rings. The summed E-state index contributed by atoms with van der Waals surface area (Å²) in [5, 5.41) is 19.9. The Morgan fingerprint density at radius 2 is 2.27 bits per heavy atom. The number of hydrogen-bond donors (Lipinski definition) is 1. The predicted octanol–water partition coefficient (Wildman–Crippen LogP) is 2.91. The van der Waals surface area contributed by atoms with Crippen molar-refractivity contribution < 1.29 is 5.11 Å². The second-order valence-electron chi connectivity index (χ2n) is 3.88. The molecule has 1 atom stereocenters. The lowest BCUT2D eigenvalue weighted by Crippen LogP contribution is -2.23. The lowest BCUT2D eigenvalue weighted by atomic mass is 9.82. The van der Waals surface area contributed by atoms with Crippen molar-refractivity contribution in [1.29, 1.82) is 5.26 Å². The first-order chi connectivity index (χ1) is 7.18. The fourth-order valence-electron chi connectivity index (χ4n) is 2.08. The van der Waals surface area contributed by atoms with Gasteiger partial charge in [-0.2, -0.15) is 5.26 Å². The van der Waals surface area contributed by atoms with Gasteiger partial charge in [-0.1, -0.05) is 24.4 Å².